The molecular formula is C17H18N4O4. The van der Waals surface area contributed by atoms with Crippen LogP contribution in [0.2, 0.25) is 0 Å². The maximum atomic E-state index is 12.3. The summed E-state index contributed by atoms with van der Waals surface area (Å²) in [5.74, 6) is 0.00807. The maximum Gasteiger partial charge on any atom is 0.261 e. The number of aromatic amines is 1. The summed E-state index contributed by atoms with van der Waals surface area (Å²) in [6.07, 6.45) is -1.75. The summed E-state index contributed by atoms with van der Waals surface area (Å²) in [4.78, 5) is 19.0. The lowest BCUT2D eigenvalue weighted by Crippen LogP contribution is -2.24. The zero-order valence-electron chi connectivity index (χ0n) is 13.3. The van der Waals surface area contributed by atoms with Gasteiger partial charge >= 0.3 is 0 Å². The molecular weight excluding hydrogens is 324 g/mol. The minimum absolute atomic E-state index is 0.00807. The van der Waals surface area contributed by atoms with Crippen molar-refractivity contribution in [2.75, 3.05) is 12.3 Å². The van der Waals surface area contributed by atoms with Crippen LogP contribution in [0.4, 0.5) is 5.95 Å². The number of rotatable bonds is 3. The SMILES string of the molecule is Nc1nc2c(cc(-c3ccccc3)n2[C@H]2C[C@H](O)[C@@H](CO)O2)c(=O)[nH]1. The van der Waals surface area contributed by atoms with Gasteiger partial charge in [-0.15, -0.1) is 0 Å². The first-order valence-corrected chi connectivity index (χ1v) is 7.99. The highest BCUT2D eigenvalue weighted by Crippen LogP contribution is 2.36. The largest absolute Gasteiger partial charge is 0.394 e. The fourth-order valence-corrected chi connectivity index (χ4v) is 3.28. The number of nitrogens with one attached hydrogen (secondary N) is 1. The number of ether oxygens (including phenoxy) is 1. The van der Waals surface area contributed by atoms with Crippen molar-refractivity contribution in [2.24, 2.45) is 0 Å². The van der Waals surface area contributed by atoms with Crippen LogP contribution in [0.5, 0.6) is 0 Å². The van der Waals surface area contributed by atoms with E-state index < -0.39 is 18.4 Å². The molecule has 0 bridgehead atoms. The lowest BCUT2D eigenvalue weighted by atomic mass is 10.1. The molecule has 130 valence electrons. The van der Waals surface area contributed by atoms with Crippen molar-refractivity contribution < 1.29 is 14.9 Å². The van der Waals surface area contributed by atoms with Crippen LogP contribution >= 0.6 is 0 Å². The Morgan fingerprint density at radius 3 is 2.80 bits per heavy atom. The predicted molar refractivity (Wildman–Crippen MR) is 91.8 cm³/mol. The summed E-state index contributed by atoms with van der Waals surface area (Å²) >= 11 is 0. The number of nitrogens with zero attached hydrogens (tertiary/aromatic N) is 2. The monoisotopic (exact) mass is 342 g/mol. The molecule has 2 aromatic heterocycles. The quantitative estimate of drug-likeness (QED) is 0.552. The van der Waals surface area contributed by atoms with Gasteiger partial charge in [-0.25, -0.2) is 0 Å². The van der Waals surface area contributed by atoms with E-state index in [0.717, 1.165) is 11.3 Å². The molecule has 8 heteroatoms. The molecule has 1 aromatic carbocycles. The van der Waals surface area contributed by atoms with Crippen LogP contribution in [0.15, 0.2) is 41.2 Å². The van der Waals surface area contributed by atoms with Gasteiger partial charge in [-0.1, -0.05) is 30.3 Å². The van der Waals surface area contributed by atoms with E-state index in [9.17, 15) is 15.0 Å². The molecule has 1 aliphatic rings. The van der Waals surface area contributed by atoms with Crippen LogP contribution in [-0.2, 0) is 4.74 Å². The predicted octanol–water partition coefficient (Wildman–Crippen LogP) is 0.614. The Bertz CT molecular complexity index is 966. The Hall–Kier alpha value is -2.68. The van der Waals surface area contributed by atoms with Gasteiger partial charge in [0.1, 0.15) is 12.3 Å². The highest BCUT2D eigenvalue weighted by molar-refractivity contribution is 5.84. The number of nitrogen functional groups attached to an aromatic ring is 1. The molecule has 3 aromatic rings. The van der Waals surface area contributed by atoms with Crippen LogP contribution in [-0.4, -0.2) is 43.6 Å². The second kappa shape index (κ2) is 5.99. The van der Waals surface area contributed by atoms with E-state index >= 15 is 0 Å². The van der Waals surface area contributed by atoms with Crippen LogP contribution in [0.1, 0.15) is 12.6 Å². The molecule has 0 radical (unpaired) electrons. The van der Waals surface area contributed by atoms with Crippen molar-refractivity contribution in [3.05, 3.63) is 46.8 Å². The summed E-state index contributed by atoms with van der Waals surface area (Å²) in [6.45, 7) is -0.284. The van der Waals surface area contributed by atoms with E-state index in [2.05, 4.69) is 9.97 Å². The van der Waals surface area contributed by atoms with Crippen molar-refractivity contribution in [1.82, 2.24) is 14.5 Å². The average Bonchev–Trinajstić information content (AvgIpc) is 3.16. The second-order valence-corrected chi connectivity index (χ2v) is 6.07. The van der Waals surface area contributed by atoms with Crippen LogP contribution in [0.25, 0.3) is 22.3 Å². The van der Waals surface area contributed by atoms with E-state index in [-0.39, 0.29) is 24.5 Å². The standard InChI is InChI=1S/C17H18N4O4/c18-17-19-15-10(16(24)20-17)6-11(9-4-2-1-3-5-9)21(15)14-7-12(23)13(8-22)25-14/h1-6,12-14,22-23H,7-8H2,(H3,18,19,20,24)/t12-,13+,14+/m0/s1. The summed E-state index contributed by atoms with van der Waals surface area (Å²) < 4.78 is 7.55. The highest BCUT2D eigenvalue weighted by atomic mass is 16.5. The lowest BCUT2D eigenvalue weighted by molar-refractivity contribution is -0.0425. The minimum Gasteiger partial charge on any atom is -0.394 e. The molecule has 0 spiro atoms. The van der Waals surface area contributed by atoms with E-state index in [1.54, 1.807) is 10.6 Å². The van der Waals surface area contributed by atoms with Gasteiger partial charge in [0.05, 0.1) is 23.8 Å². The van der Waals surface area contributed by atoms with Gasteiger partial charge in [0, 0.05) is 6.42 Å². The van der Waals surface area contributed by atoms with E-state index in [4.69, 9.17) is 10.5 Å². The molecule has 1 aliphatic heterocycles. The Morgan fingerprint density at radius 2 is 2.12 bits per heavy atom. The summed E-state index contributed by atoms with van der Waals surface area (Å²) in [5.41, 5.74) is 7.37. The number of benzene rings is 1. The Labute approximate surface area is 142 Å². The first kappa shape index (κ1) is 15.8. The summed E-state index contributed by atoms with van der Waals surface area (Å²) in [7, 11) is 0. The third kappa shape index (κ3) is 2.60. The van der Waals surface area contributed by atoms with Gasteiger partial charge in [0.2, 0.25) is 5.95 Å². The van der Waals surface area contributed by atoms with Gasteiger partial charge in [-0.05, 0) is 11.6 Å². The number of hydrogen-bond acceptors (Lipinski definition) is 6. The molecule has 8 nitrogen and oxygen atoms in total. The number of anilines is 1. The number of fused-ring (bicyclic) bond motifs is 1. The molecule has 3 heterocycles. The van der Waals surface area contributed by atoms with E-state index in [0.29, 0.717) is 11.0 Å². The molecule has 25 heavy (non-hydrogen) atoms. The lowest BCUT2D eigenvalue weighted by Gasteiger charge is -2.18. The van der Waals surface area contributed by atoms with Crippen LogP contribution in [0.3, 0.4) is 0 Å². The second-order valence-electron chi connectivity index (χ2n) is 6.07. The number of nitrogens with two attached hydrogens (primary N) is 1. The Balaban J connectivity index is 1.96. The van der Waals surface area contributed by atoms with Crippen molar-refractivity contribution in [3.8, 4) is 11.3 Å². The third-order valence-electron chi connectivity index (χ3n) is 4.46. The van der Waals surface area contributed by atoms with Gasteiger partial charge in [-0.2, -0.15) is 4.98 Å². The van der Waals surface area contributed by atoms with Crippen LogP contribution in [0, 0.1) is 0 Å². The molecule has 0 aliphatic carbocycles. The zero-order valence-corrected chi connectivity index (χ0v) is 13.3. The van der Waals surface area contributed by atoms with E-state index in [1.165, 1.54) is 0 Å². The topological polar surface area (TPSA) is 126 Å². The highest BCUT2D eigenvalue weighted by Gasteiger charge is 2.36. The molecule has 4 rings (SSSR count). The van der Waals surface area contributed by atoms with Crippen molar-refractivity contribution in [1.29, 1.82) is 0 Å². The van der Waals surface area contributed by atoms with Crippen LogP contribution < -0.4 is 11.3 Å². The first-order valence-electron chi connectivity index (χ1n) is 7.99. The molecule has 1 saturated heterocycles. The van der Waals surface area contributed by atoms with Crippen molar-refractivity contribution in [3.63, 3.8) is 0 Å². The fourth-order valence-electron chi connectivity index (χ4n) is 3.28. The Morgan fingerprint density at radius 1 is 1.36 bits per heavy atom. The first-order chi connectivity index (χ1) is 12.1. The van der Waals surface area contributed by atoms with Gasteiger partial charge in [0.15, 0.2) is 5.65 Å². The van der Waals surface area contributed by atoms with Crippen molar-refractivity contribution in [2.45, 2.75) is 24.9 Å². The number of H-pyrrole nitrogens is 1. The number of hydrogen-bond donors (Lipinski definition) is 4. The molecule has 1 fully saturated rings. The summed E-state index contributed by atoms with van der Waals surface area (Å²) in [5, 5.41) is 19.8. The third-order valence-corrected chi connectivity index (χ3v) is 4.46. The number of aliphatic hydroxyl groups is 2. The van der Waals surface area contributed by atoms with Gasteiger partial charge in [-0.3, -0.25) is 14.3 Å². The zero-order chi connectivity index (χ0) is 17.6. The summed E-state index contributed by atoms with van der Waals surface area (Å²) in [6, 6.07) is 11.2. The molecule has 0 amide bonds. The van der Waals surface area contributed by atoms with Crippen molar-refractivity contribution >= 4 is 17.0 Å². The molecule has 5 N–H and O–H groups in total. The maximum absolute atomic E-state index is 12.3. The van der Waals surface area contributed by atoms with Gasteiger partial charge < -0.3 is 20.7 Å². The molecule has 0 unspecified atom stereocenters. The number of aliphatic hydroxyl groups excluding tert-OH is 2. The number of aromatic nitrogens is 3. The van der Waals surface area contributed by atoms with E-state index in [1.807, 2.05) is 30.3 Å². The van der Waals surface area contributed by atoms with Gasteiger partial charge in [0.25, 0.3) is 5.56 Å². The molecule has 3 atom stereocenters. The average molecular weight is 342 g/mol. The smallest absolute Gasteiger partial charge is 0.261 e. The molecule has 0 saturated carbocycles. The minimum atomic E-state index is -0.796. The normalized spacial score (nSPS) is 23.4. The fraction of sp³-hybridized carbons (Fsp3) is 0.294. The Kier molecular flexibility index (Phi) is 3.79.